The maximum absolute atomic E-state index is 14.3. The molecule has 46 heavy (non-hydrogen) atoms. The van der Waals surface area contributed by atoms with E-state index in [-0.39, 0.29) is 12.2 Å². The lowest BCUT2D eigenvalue weighted by Gasteiger charge is -2.32. The van der Waals surface area contributed by atoms with Crippen molar-refractivity contribution in [2.75, 3.05) is 49.6 Å². The zero-order valence-corrected chi connectivity index (χ0v) is 26.1. The average molecular weight is 644 g/mol. The summed E-state index contributed by atoms with van der Waals surface area (Å²) in [6.45, 7) is 6.54. The Morgan fingerprint density at radius 2 is 1.74 bits per heavy atom. The number of fused-ring (bicyclic) bond motifs is 1. The van der Waals surface area contributed by atoms with Gasteiger partial charge >= 0.3 is 6.47 Å². The normalized spacial score (nSPS) is 14.3. The third-order valence-corrected chi connectivity index (χ3v) is 9.65. The van der Waals surface area contributed by atoms with Gasteiger partial charge < -0.3 is 24.5 Å². The van der Waals surface area contributed by atoms with Crippen LogP contribution in [0.4, 0.5) is 21.6 Å². The fourth-order valence-electron chi connectivity index (χ4n) is 5.53. The quantitative estimate of drug-likeness (QED) is 0.150. The molecule has 0 bridgehead atoms. The number of nitrogens with zero attached hydrogens (tertiary/aromatic N) is 6. The number of sulfonamides is 1. The second-order valence-corrected chi connectivity index (χ2v) is 12.8. The van der Waals surface area contributed by atoms with Crippen molar-refractivity contribution in [1.29, 1.82) is 0 Å². The molecule has 11 nitrogen and oxygen atoms in total. The van der Waals surface area contributed by atoms with Gasteiger partial charge in [-0.15, -0.1) is 0 Å². The Morgan fingerprint density at radius 1 is 0.957 bits per heavy atom. The topological polar surface area (TPSA) is 113 Å². The lowest BCUT2D eigenvalue weighted by atomic mass is 10.1. The third-order valence-electron chi connectivity index (χ3n) is 8.03. The predicted molar refractivity (Wildman–Crippen MR) is 174 cm³/mol. The summed E-state index contributed by atoms with van der Waals surface area (Å²) < 4.78 is 43.1. The molecule has 1 N–H and O–H groups in total. The highest BCUT2D eigenvalue weighted by molar-refractivity contribution is 7.92. The number of rotatable bonds is 12. The molecule has 5 aromatic rings. The Kier molecular flexibility index (Phi) is 9.24. The zero-order valence-electron chi connectivity index (χ0n) is 25.3. The first-order valence-electron chi connectivity index (χ1n) is 14.9. The summed E-state index contributed by atoms with van der Waals surface area (Å²) in [6, 6.07) is 21.1. The third kappa shape index (κ3) is 6.86. The molecule has 0 radical (unpaired) electrons. The van der Waals surface area contributed by atoms with E-state index in [1.165, 1.54) is 36.1 Å². The van der Waals surface area contributed by atoms with Crippen molar-refractivity contribution in [2.24, 2.45) is 0 Å². The van der Waals surface area contributed by atoms with E-state index in [0.29, 0.717) is 16.0 Å². The van der Waals surface area contributed by atoms with E-state index in [1.54, 1.807) is 12.1 Å². The molecule has 6 rings (SSSR count). The molecule has 1 aliphatic rings. The Bertz CT molecular complexity index is 1930. The van der Waals surface area contributed by atoms with Crippen LogP contribution >= 0.6 is 0 Å². The van der Waals surface area contributed by atoms with E-state index < -0.39 is 20.7 Å². The number of likely N-dealkylation sites (N-methyl/N-ethyl adjacent to an activating group) is 1. The first kappa shape index (κ1) is 31.1. The summed E-state index contributed by atoms with van der Waals surface area (Å²) >= 11 is 0. The monoisotopic (exact) mass is 643 g/mol. The molecular formula is C33H34FN7O4S. The summed E-state index contributed by atoms with van der Waals surface area (Å²) in [5.74, 6) is -0.437. The van der Waals surface area contributed by atoms with E-state index in [1.807, 2.05) is 6.07 Å². The van der Waals surface area contributed by atoms with Crippen molar-refractivity contribution >= 4 is 44.6 Å². The zero-order chi connectivity index (χ0) is 32.1. The minimum atomic E-state index is -4.52. The molecule has 13 heteroatoms. The first-order valence-corrected chi connectivity index (χ1v) is 16.4. The Labute approximate surface area is 266 Å². The highest BCUT2D eigenvalue weighted by Gasteiger charge is 2.29. The van der Waals surface area contributed by atoms with Crippen molar-refractivity contribution in [3.8, 4) is 11.3 Å². The Morgan fingerprint density at radius 3 is 2.50 bits per heavy atom. The first-order chi connectivity index (χ1) is 22.3. The lowest BCUT2D eigenvalue weighted by molar-refractivity contribution is -0.128. The number of carbonyl (C=O) groups is 1. The van der Waals surface area contributed by atoms with E-state index in [9.17, 15) is 17.6 Å². The van der Waals surface area contributed by atoms with Crippen LogP contribution in [0.5, 0.6) is 0 Å². The van der Waals surface area contributed by atoms with Crippen LogP contribution in [-0.2, 0) is 26.2 Å². The van der Waals surface area contributed by atoms with Crippen LogP contribution in [0.25, 0.3) is 22.2 Å². The number of aromatic nitrogens is 3. The van der Waals surface area contributed by atoms with Gasteiger partial charge in [0.25, 0.3) is 10.0 Å². The molecule has 0 atom stereocenters. The lowest BCUT2D eigenvalue weighted by Crippen LogP contribution is -2.44. The summed E-state index contributed by atoms with van der Waals surface area (Å²) in [5, 5.41) is 4.32. The summed E-state index contributed by atoms with van der Waals surface area (Å²) in [4.78, 5) is 29.0. The summed E-state index contributed by atoms with van der Waals surface area (Å²) in [6.07, 6.45) is 4.71. The maximum atomic E-state index is 14.3. The molecule has 0 spiro atoms. The van der Waals surface area contributed by atoms with Crippen molar-refractivity contribution in [3.63, 3.8) is 0 Å². The number of benzene rings is 3. The molecule has 0 saturated carbocycles. The number of carbonyl (C=O) groups excluding carboxylic acids is 1. The fourth-order valence-corrected chi connectivity index (χ4v) is 6.82. The van der Waals surface area contributed by atoms with Crippen molar-refractivity contribution in [1.82, 2.24) is 24.3 Å². The molecule has 1 saturated heterocycles. The molecule has 1 aliphatic heterocycles. The van der Waals surface area contributed by atoms with E-state index >= 15 is 0 Å². The number of piperazine rings is 1. The number of anilines is 3. The van der Waals surface area contributed by atoms with E-state index in [4.69, 9.17) is 4.84 Å². The van der Waals surface area contributed by atoms with Gasteiger partial charge in [-0.2, -0.15) is 8.42 Å². The fraction of sp³-hybridized carbons (Fsp3) is 0.242. The second-order valence-electron chi connectivity index (χ2n) is 11.1. The summed E-state index contributed by atoms with van der Waals surface area (Å²) in [7, 11) is -2.35. The average Bonchev–Trinajstić information content (AvgIpc) is 3.47. The molecule has 0 aliphatic carbocycles. The van der Waals surface area contributed by atoms with Gasteiger partial charge in [0.1, 0.15) is 22.9 Å². The van der Waals surface area contributed by atoms with E-state index in [0.717, 1.165) is 74.5 Å². The van der Waals surface area contributed by atoms with Crippen LogP contribution < -0.4 is 9.79 Å². The molecule has 0 amide bonds. The second kappa shape index (κ2) is 13.6. The Hall–Kier alpha value is -4.85. The largest absolute Gasteiger partial charge is 0.347 e. The van der Waals surface area contributed by atoms with Crippen LogP contribution in [0.2, 0.25) is 0 Å². The van der Waals surface area contributed by atoms with Gasteiger partial charge in [0.05, 0.1) is 11.4 Å². The Balaban J connectivity index is 1.13. The van der Waals surface area contributed by atoms with Crippen molar-refractivity contribution < 1.29 is 22.4 Å². The van der Waals surface area contributed by atoms with Gasteiger partial charge in [-0.1, -0.05) is 22.7 Å². The molecule has 2 aromatic heterocycles. The van der Waals surface area contributed by atoms with Gasteiger partial charge in [0, 0.05) is 67.1 Å². The minimum absolute atomic E-state index is 0.00356. The van der Waals surface area contributed by atoms with Gasteiger partial charge in [0.15, 0.2) is 0 Å². The van der Waals surface area contributed by atoms with Crippen molar-refractivity contribution in [3.05, 3.63) is 97.2 Å². The number of aryl methyl sites for hydroxylation is 1. The maximum Gasteiger partial charge on any atom is 0.322 e. The molecule has 3 heterocycles. The van der Waals surface area contributed by atoms with Gasteiger partial charge in [-0.3, -0.25) is 4.79 Å². The highest BCUT2D eigenvalue weighted by atomic mass is 32.2. The van der Waals surface area contributed by atoms with Crippen LogP contribution in [0.15, 0.2) is 96.3 Å². The van der Waals surface area contributed by atoms with Crippen LogP contribution in [0.1, 0.15) is 6.42 Å². The van der Waals surface area contributed by atoms with Gasteiger partial charge in [-0.05, 0) is 74.6 Å². The van der Waals surface area contributed by atoms with Gasteiger partial charge in [0.2, 0.25) is 0 Å². The molecule has 3 aromatic carbocycles. The molecule has 0 unspecified atom stereocenters. The van der Waals surface area contributed by atoms with Gasteiger partial charge in [-0.25, -0.2) is 14.4 Å². The van der Waals surface area contributed by atoms with Crippen molar-refractivity contribution in [2.45, 2.75) is 17.9 Å². The van der Waals surface area contributed by atoms with E-state index in [2.05, 4.69) is 67.2 Å². The number of nitrogens with one attached hydrogen (secondary N) is 1. The molecular weight excluding hydrogens is 609 g/mol. The number of halogens is 1. The van der Waals surface area contributed by atoms with Crippen LogP contribution in [-0.4, -0.2) is 79.0 Å². The smallest absolute Gasteiger partial charge is 0.322 e. The van der Waals surface area contributed by atoms with Crippen LogP contribution in [0, 0.1) is 5.82 Å². The van der Waals surface area contributed by atoms with Crippen LogP contribution in [0.3, 0.4) is 0 Å². The SMILES string of the molecule is CN1CCN(CCCn2ccc3cc(-c4cc(Nc5ccc(N(OC=O)S(=O)(=O)c6ccccc6F)cc5)ncn4)ccc32)CC1. The molecule has 238 valence electrons. The summed E-state index contributed by atoms with van der Waals surface area (Å²) in [5.41, 5.74) is 3.46. The highest BCUT2D eigenvalue weighted by Crippen LogP contribution is 2.29. The number of hydrogen-bond donors (Lipinski definition) is 1. The standard InChI is InChI=1S/C33H34FN7O4S/c1-38-17-19-39(20-18-38)14-4-15-40-16-13-26-21-25(7-12-31(26)40)30-22-33(36-23-35-30)37-27-8-10-28(11-9-27)41(45-24-42)46(43,44)32-6-3-2-5-29(32)34/h2-3,5-13,16,21-24H,4,14-15,17-20H2,1H3,(H,35,36,37). The minimum Gasteiger partial charge on any atom is -0.347 e. The number of hydrogen-bond acceptors (Lipinski definition) is 9. The molecule has 1 fully saturated rings. The predicted octanol–water partition coefficient (Wildman–Crippen LogP) is 4.90.